The number of hydrogen-bond acceptors (Lipinski definition) is 3. The van der Waals surface area contributed by atoms with E-state index >= 15 is 0 Å². The predicted octanol–water partition coefficient (Wildman–Crippen LogP) is 4.04. The molecule has 0 aliphatic carbocycles. The van der Waals surface area contributed by atoms with Crippen molar-refractivity contribution in [1.82, 2.24) is 19.8 Å². The molecular formula is C25H20N4O2. The summed E-state index contributed by atoms with van der Waals surface area (Å²) in [6.45, 7) is 0.182. The van der Waals surface area contributed by atoms with E-state index in [-0.39, 0.29) is 24.5 Å². The number of benzene rings is 2. The minimum atomic E-state index is -0.520. The first-order valence-corrected chi connectivity index (χ1v) is 10.4. The van der Waals surface area contributed by atoms with Crippen LogP contribution in [0.25, 0.3) is 10.9 Å². The lowest BCUT2D eigenvalue weighted by atomic mass is 9.89. The Morgan fingerprint density at radius 2 is 1.71 bits per heavy atom. The highest BCUT2D eigenvalue weighted by Gasteiger charge is 2.52. The molecule has 152 valence electrons. The number of carbonyl (C=O) groups is 2. The van der Waals surface area contributed by atoms with Gasteiger partial charge in [-0.2, -0.15) is 0 Å². The molecule has 0 saturated carbocycles. The molecule has 2 aliphatic heterocycles. The standard InChI is InChI=1S/C25H20N4O2/c30-24-21-14-19-18-11-4-5-12-20(18)27-22(19)23(16-8-2-1-3-9-16)29(21)25(31)28(24)15-17-10-6-7-13-26-17/h1-13,21,23,27H,14-15H2/t21-,23-/m0/s1. The monoisotopic (exact) mass is 408 g/mol. The Morgan fingerprint density at radius 3 is 2.52 bits per heavy atom. The quantitative estimate of drug-likeness (QED) is 0.520. The van der Waals surface area contributed by atoms with Crippen LogP contribution in [-0.2, 0) is 17.8 Å². The number of H-pyrrole nitrogens is 1. The van der Waals surface area contributed by atoms with E-state index in [0.29, 0.717) is 12.1 Å². The van der Waals surface area contributed by atoms with Gasteiger partial charge in [-0.3, -0.25) is 19.6 Å². The number of nitrogens with zero attached hydrogens (tertiary/aromatic N) is 3. The molecule has 3 amide bonds. The van der Waals surface area contributed by atoms with Gasteiger partial charge in [-0.1, -0.05) is 54.6 Å². The van der Waals surface area contributed by atoms with Gasteiger partial charge in [0.2, 0.25) is 0 Å². The van der Waals surface area contributed by atoms with Gasteiger partial charge >= 0.3 is 6.03 Å². The first kappa shape index (κ1) is 17.9. The zero-order chi connectivity index (χ0) is 20.9. The van der Waals surface area contributed by atoms with Gasteiger partial charge in [0.05, 0.1) is 12.2 Å². The van der Waals surface area contributed by atoms with Gasteiger partial charge < -0.3 is 4.98 Å². The number of amides is 3. The fourth-order valence-corrected chi connectivity index (χ4v) is 4.91. The molecule has 2 atom stereocenters. The van der Waals surface area contributed by atoms with Crippen LogP contribution in [0.15, 0.2) is 79.0 Å². The highest BCUT2D eigenvalue weighted by atomic mass is 16.2. The maximum atomic E-state index is 13.6. The number of rotatable bonds is 3. The van der Waals surface area contributed by atoms with Crippen LogP contribution in [0, 0.1) is 0 Å². The number of imide groups is 1. The van der Waals surface area contributed by atoms with Crippen LogP contribution in [-0.4, -0.2) is 37.7 Å². The van der Waals surface area contributed by atoms with Crippen molar-refractivity contribution in [3.05, 3.63) is 102 Å². The van der Waals surface area contributed by atoms with E-state index in [1.807, 2.05) is 66.7 Å². The summed E-state index contributed by atoms with van der Waals surface area (Å²) < 4.78 is 0. The highest BCUT2D eigenvalue weighted by Crippen LogP contribution is 2.44. The number of fused-ring (bicyclic) bond motifs is 4. The number of nitrogens with one attached hydrogen (secondary N) is 1. The molecule has 1 fully saturated rings. The molecule has 0 radical (unpaired) electrons. The average Bonchev–Trinajstić information content (AvgIpc) is 3.30. The van der Waals surface area contributed by atoms with Gasteiger partial charge in [0.15, 0.2) is 0 Å². The van der Waals surface area contributed by atoms with Crippen LogP contribution in [0.1, 0.15) is 28.6 Å². The number of para-hydroxylation sites is 1. The van der Waals surface area contributed by atoms with Gasteiger partial charge in [0.1, 0.15) is 12.1 Å². The number of urea groups is 1. The third kappa shape index (κ3) is 2.68. The van der Waals surface area contributed by atoms with E-state index in [9.17, 15) is 9.59 Å². The van der Waals surface area contributed by atoms with E-state index in [1.165, 1.54) is 4.90 Å². The first-order chi connectivity index (χ1) is 15.2. The molecule has 1 saturated heterocycles. The van der Waals surface area contributed by atoms with Crippen molar-refractivity contribution in [2.24, 2.45) is 0 Å². The molecule has 0 bridgehead atoms. The molecule has 4 aromatic rings. The molecule has 0 spiro atoms. The van der Waals surface area contributed by atoms with Crippen molar-refractivity contribution >= 4 is 22.8 Å². The van der Waals surface area contributed by atoms with Gasteiger partial charge in [-0.05, 0) is 29.3 Å². The normalized spacial score (nSPS) is 20.3. The first-order valence-electron chi connectivity index (χ1n) is 10.4. The topological polar surface area (TPSA) is 69.3 Å². The Balaban J connectivity index is 1.49. The Morgan fingerprint density at radius 1 is 0.935 bits per heavy atom. The SMILES string of the molecule is O=C1[C@@H]2Cc3c([nH]c4ccccc34)[C@H](c3ccccc3)N2C(=O)N1Cc1ccccn1. The largest absolute Gasteiger partial charge is 0.356 e. The average molecular weight is 408 g/mol. The van der Waals surface area contributed by atoms with Crippen LogP contribution in [0.3, 0.4) is 0 Å². The Bertz CT molecular complexity index is 1300. The number of aromatic nitrogens is 2. The summed E-state index contributed by atoms with van der Waals surface area (Å²) >= 11 is 0. The van der Waals surface area contributed by atoms with Crippen LogP contribution < -0.4 is 0 Å². The van der Waals surface area contributed by atoms with E-state index < -0.39 is 6.04 Å². The second-order valence-corrected chi connectivity index (χ2v) is 8.03. The summed E-state index contributed by atoms with van der Waals surface area (Å²) in [6.07, 6.45) is 2.18. The Kier molecular flexibility index (Phi) is 3.93. The van der Waals surface area contributed by atoms with Crippen molar-refractivity contribution in [3.8, 4) is 0 Å². The van der Waals surface area contributed by atoms with Gasteiger partial charge in [-0.15, -0.1) is 0 Å². The molecule has 6 rings (SSSR count). The van der Waals surface area contributed by atoms with Crippen molar-refractivity contribution < 1.29 is 9.59 Å². The number of carbonyl (C=O) groups excluding carboxylic acids is 2. The molecule has 4 heterocycles. The zero-order valence-electron chi connectivity index (χ0n) is 16.7. The fraction of sp³-hybridized carbons (Fsp3) is 0.160. The minimum Gasteiger partial charge on any atom is -0.356 e. The van der Waals surface area contributed by atoms with Crippen LogP contribution in [0.2, 0.25) is 0 Å². The molecule has 6 heteroatoms. The number of aromatic amines is 1. The summed E-state index contributed by atoms with van der Waals surface area (Å²) in [7, 11) is 0. The summed E-state index contributed by atoms with van der Waals surface area (Å²) in [5.74, 6) is -0.160. The van der Waals surface area contributed by atoms with Gasteiger partial charge in [0.25, 0.3) is 5.91 Å². The molecule has 2 aliphatic rings. The lowest BCUT2D eigenvalue weighted by Crippen LogP contribution is -2.44. The molecule has 31 heavy (non-hydrogen) atoms. The lowest BCUT2D eigenvalue weighted by Gasteiger charge is -2.36. The van der Waals surface area contributed by atoms with Crippen LogP contribution in [0.5, 0.6) is 0 Å². The number of pyridine rings is 1. The predicted molar refractivity (Wildman–Crippen MR) is 116 cm³/mol. The Hall–Kier alpha value is -3.93. The Labute approximate surface area is 179 Å². The van der Waals surface area contributed by atoms with E-state index in [4.69, 9.17) is 0 Å². The summed E-state index contributed by atoms with van der Waals surface area (Å²) in [6, 6.07) is 22.4. The van der Waals surface area contributed by atoms with Gasteiger partial charge in [-0.25, -0.2) is 4.79 Å². The third-order valence-corrected chi connectivity index (χ3v) is 6.30. The molecule has 2 aromatic heterocycles. The smallest absolute Gasteiger partial charge is 0.328 e. The minimum absolute atomic E-state index is 0.160. The highest BCUT2D eigenvalue weighted by molar-refractivity contribution is 6.05. The molecule has 6 nitrogen and oxygen atoms in total. The second kappa shape index (κ2) is 6.80. The van der Waals surface area contributed by atoms with Gasteiger partial charge in [0, 0.05) is 29.2 Å². The van der Waals surface area contributed by atoms with Crippen molar-refractivity contribution in [3.63, 3.8) is 0 Å². The molecule has 2 aromatic carbocycles. The zero-order valence-corrected chi connectivity index (χ0v) is 16.7. The van der Waals surface area contributed by atoms with E-state index in [0.717, 1.165) is 27.7 Å². The molecule has 1 N–H and O–H groups in total. The third-order valence-electron chi connectivity index (χ3n) is 6.30. The summed E-state index contributed by atoms with van der Waals surface area (Å²) in [5, 5.41) is 1.11. The summed E-state index contributed by atoms with van der Waals surface area (Å²) in [4.78, 5) is 37.9. The van der Waals surface area contributed by atoms with Crippen molar-refractivity contribution in [1.29, 1.82) is 0 Å². The van der Waals surface area contributed by atoms with E-state index in [2.05, 4.69) is 16.0 Å². The van der Waals surface area contributed by atoms with Crippen molar-refractivity contribution in [2.75, 3.05) is 0 Å². The maximum absolute atomic E-state index is 13.6. The summed E-state index contributed by atoms with van der Waals surface area (Å²) in [5.41, 5.74) is 4.82. The van der Waals surface area contributed by atoms with Crippen molar-refractivity contribution in [2.45, 2.75) is 25.0 Å². The fourth-order valence-electron chi connectivity index (χ4n) is 4.91. The molecule has 0 unspecified atom stereocenters. The second-order valence-electron chi connectivity index (χ2n) is 8.03. The number of hydrogen-bond donors (Lipinski definition) is 1. The van der Waals surface area contributed by atoms with Crippen LogP contribution in [0.4, 0.5) is 4.79 Å². The lowest BCUT2D eigenvalue weighted by molar-refractivity contribution is -0.129. The molecular weight excluding hydrogens is 388 g/mol. The maximum Gasteiger partial charge on any atom is 0.328 e. The van der Waals surface area contributed by atoms with Crippen LogP contribution >= 0.6 is 0 Å². The van der Waals surface area contributed by atoms with E-state index in [1.54, 1.807) is 11.1 Å².